The van der Waals surface area contributed by atoms with Crippen molar-refractivity contribution in [1.29, 1.82) is 0 Å². The zero-order chi connectivity index (χ0) is 24.1. The van der Waals surface area contributed by atoms with Crippen molar-refractivity contribution in [3.63, 3.8) is 0 Å². The van der Waals surface area contributed by atoms with E-state index < -0.39 is 0 Å². The lowest BCUT2D eigenvalue weighted by atomic mass is 10.2. The van der Waals surface area contributed by atoms with Crippen molar-refractivity contribution in [3.05, 3.63) is 59.7 Å². The molecule has 0 spiro atoms. The first-order chi connectivity index (χ1) is 16.5. The summed E-state index contributed by atoms with van der Waals surface area (Å²) in [6.45, 7) is 4.96. The number of para-hydroxylation sites is 3. The predicted octanol–water partition coefficient (Wildman–Crippen LogP) is 3.60. The molecule has 0 atom stereocenters. The van der Waals surface area contributed by atoms with Gasteiger partial charge >= 0.3 is 0 Å². The fourth-order valence-electron chi connectivity index (χ4n) is 3.56. The Morgan fingerprint density at radius 1 is 1.15 bits per heavy atom. The lowest BCUT2D eigenvalue weighted by Gasteiger charge is -2.08. The van der Waals surface area contributed by atoms with Crippen LogP contribution >= 0.6 is 0 Å². The molecule has 0 aliphatic heterocycles. The molecule has 0 saturated carbocycles. The highest BCUT2D eigenvalue weighted by Gasteiger charge is 2.24. The molecule has 2 heterocycles. The number of hydrogen-bond acceptors (Lipinski definition) is 7. The van der Waals surface area contributed by atoms with Gasteiger partial charge in [-0.25, -0.2) is 9.97 Å². The number of methoxy groups -OCH3 is 1. The second-order valence-corrected chi connectivity index (χ2v) is 7.97. The maximum absolute atomic E-state index is 13.1. The van der Waals surface area contributed by atoms with Gasteiger partial charge in [-0.15, -0.1) is 0 Å². The van der Waals surface area contributed by atoms with Crippen molar-refractivity contribution in [1.82, 2.24) is 20.0 Å². The first-order valence-corrected chi connectivity index (χ1v) is 11.1. The standard InChI is InChI=1S/C25H28N6O3/c1-16(2)34-14-8-13-27-25(32)21-22-24(30-19-11-6-5-10-18(19)29-22)31(23(21)26)28-15-17-9-4-7-12-20(17)33-3/h4-7,9-12,15-16H,8,13-14,26H2,1-3H3,(H,27,32)/b28-15+. The molecule has 9 heteroatoms. The SMILES string of the molecule is COc1ccccc1/C=N/n1c(N)c(C(=O)NCCCOC(C)C)c2nc3ccccc3nc21. The number of carbonyl (C=O) groups excluding carboxylic acids is 1. The van der Waals surface area contributed by atoms with Crippen LogP contribution in [0.5, 0.6) is 5.75 Å². The molecule has 2 aromatic heterocycles. The van der Waals surface area contributed by atoms with Gasteiger partial charge in [-0.3, -0.25) is 4.79 Å². The van der Waals surface area contributed by atoms with E-state index >= 15 is 0 Å². The van der Waals surface area contributed by atoms with Crippen LogP contribution in [0.1, 0.15) is 36.2 Å². The first-order valence-electron chi connectivity index (χ1n) is 11.1. The smallest absolute Gasteiger partial charge is 0.257 e. The summed E-state index contributed by atoms with van der Waals surface area (Å²) in [5.41, 5.74) is 9.58. The largest absolute Gasteiger partial charge is 0.496 e. The number of anilines is 1. The molecule has 9 nitrogen and oxygen atoms in total. The number of hydrogen-bond donors (Lipinski definition) is 2. The maximum Gasteiger partial charge on any atom is 0.257 e. The zero-order valence-electron chi connectivity index (χ0n) is 19.5. The van der Waals surface area contributed by atoms with Crippen LogP contribution in [-0.2, 0) is 4.74 Å². The molecule has 4 rings (SSSR count). The number of fused-ring (bicyclic) bond motifs is 2. The Hall–Kier alpha value is -3.98. The van der Waals surface area contributed by atoms with E-state index in [4.69, 9.17) is 20.2 Å². The second kappa shape index (κ2) is 10.3. The minimum Gasteiger partial charge on any atom is -0.496 e. The van der Waals surface area contributed by atoms with Crippen molar-refractivity contribution in [2.75, 3.05) is 26.0 Å². The Morgan fingerprint density at radius 2 is 1.85 bits per heavy atom. The van der Waals surface area contributed by atoms with E-state index in [0.717, 1.165) is 5.56 Å². The number of amides is 1. The molecule has 34 heavy (non-hydrogen) atoms. The van der Waals surface area contributed by atoms with E-state index in [2.05, 4.69) is 15.4 Å². The van der Waals surface area contributed by atoms with Crippen LogP contribution in [0.3, 0.4) is 0 Å². The molecule has 0 aliphatic carbocycles. The summed E-state index contributed by atoms with van der Waals surface area (Å²) in [6.07, 6.45) is 2.45. The Morgan fingerprint density at radius 3 is 2.59 bits per heavy atom. The molecule has 0 bridgehead atoms. The number of aromatic nitrogens is 3. The Labute approximate surface area is 197 Å². The third kappa shape index (κ3) is 4.84. The van der Waals surface area contributed by atoms with Gasteiger partial charge in [-0.05, 0) is 44.5 Å². The second-order valence-electron chi connectivity index (χ2n) is 7.97. The van der Waals surface area contributed by atoms with Gasteiger partial charge in [0.2, 0.25) is 0 Å². The van der Waals surface area contributed by atoms with Gasteiger partial charge in [0.05, 0.1) is 30.5 Å². The van der Waals surface area contributed by atoms with Gasteiger partial charge in [0, 0.05) is 18.7 Å². The molecule has 2 aromatic carbocycles. The average Bonchev–Trinajstić information content (AvgIpc) is 3.10. The molecule has 0 fully saturated rings. The Bertz CT molecular complexity index is 1350. The third-order valence-corrected chi connectivity index (χ3v) is 5.21. The van der Waals surface area contributed by atoms with Gasteiger partial charge in [0.1, 0.15) is 22.6 Å². The van der Waals surface area contributed by atoms with E-state index in [0.29, 0.717) is 47.5 Å². The van der Waals surface area contributed by atoms with Crippen molar-refractivity contribution in [2.24, 2.45) is 5.10 Å². The topological polar surface area (TPSA) is 117 Å². The number of benzene rings is 2. The molecular formula is C25H28N6O3. The van der Waals surface area contributed by atoms with Crippen molar-refractivity contribution >= 4 is 40.1 Å². The number of nitrogens with two attached hydrogens (primary N) is 1. The highest BCUT2D eigenvalue weighted by Crippen LogP contribution is 2.28. The van der Waals surface area contributed by atoms with Crippen molar-refractivity contribution < 1.29 is 14.3 Å². The van der Waals surface area contributed by atoms with Gasteiger partial charge in [0.15, 0.2) is 5.65 Å². The fourth-order valence-corrected chi connectivity index (χ4v) is 3.56. The van der Waals surface area contributed by atoms with Gasteiger partial charge in [0.25, 0.3) is 5.91 Å². The third-order valence-electron chi connectivity index (χ3n) is 5.21. The lowest BCUT2D eigenvalue weighted by molar-refractivity contribution is 0.0757. The van der Waals surface area contributed by atoms with E-state index in [9.17, 15) is 4.79 Å². The quantitative estimate of drug-likeness (QED) is 0.291. The van der Waals surface area contributed by atoms with Crippen LogP contribution in [0.2, 0.25) is 0 Å². The number of ether oxygens (including phenoxy) is 2. The van der Waals surface area contributed by atoms with Crippen LogP contribution in [0.25, 0.3) is 22.2 Å². The summed E-state index contributed by atoms with van der Waals surface area (Å²) in [7, 11) is 1.60. The van der Waals surface area contributed by atoms with Gasteiger partial charge < -0.3 is 20.5 Å². The molecule has 0 unspecified atom stereocenters. The summed E-state index contributed by atoms with van der Waals surface area (Å²) in [6, 6.07) is 14.9. The number of nitrogen functional groups attached to an aromatic ring is 1. The van der Waals surface area contributed by atoms with Crippen LogP contribution in [0.15, 0.2) is 53.6 Å². The summed E-state index contributed by atoms with van der Waals surface area (Å²) in [4.78, 5) is 22.5. The maximum atomic E-state index is 13.1. The molecule has 4 aromatic rings. The zero-order valence-corrected chi connectivity index (χ0v) is 19.5. The Balaban J connectivity index is 1.73. The molecule has 0 saturated heterocycles. The number of rotatable bonds is 9. The molecule has 3 N–H and O–H groups in total. The van der Waals surface area contributed by atoms with E-state index in [1.165, 1.54) is 4.68 Å². The van der Waals surface area contributed by atoms with Crippen LogP contribution in [0.4, 0.5) is 5.82 Å². The van der Waals surface area contributed by atoms with Crippen LogP contribution < -0.4 is 15.8 Å². The van der Waals surface area contributed by atoms with Crippen LogP contribution in [-0.4, -0.2) is 53.1 Å². The number of nitrogens with zero attached hydrogens (tertiary/aromatic N) is 4. The summed E-state index contributed by atoms with van der Waals surface area (Å²) in [5.74, 6) is 0.495. The molecule has 1 amide bonds. The number of carbonyl (C=O) groups is 1. The highest BCUT2D eigenvalue weighted by atomic mass is 16.5. The van der Waals surface area contributed by atoms with E-state index in [1.54, 1.807) is 13.3 Å². The number of nitrogens with one attached hydrogen (secondary N) is 1. The molecular weight excluding hydrogens is 432 g/mol. The lowest BCUT2D eigenvalue weighted by Crippen LogP contribution is -2.26. The van der Waals surface area contributed by atoms with E-state index in [-0.39, 0.29) is 23.4 Å². The first kappa shape index (κ1) is 23.2. The van der Waals surface area contributed by atoms with Gasteiger partial charge in [-0.1, -0.05) is 24.3 Å². The summed E-state index contributed by atoms with van der Waals surface area (Å²) in [5, 5.41) is 7.44. The van der Waals surface area contributed by atoms with Gasteiger partial charge in [-0.2, -0.15) is 9.78 Å². The van der Waals surface area contributed by atoms with Crippen molar-refractivity contribution in [2.45, 2.75) is 26.4 Å². The minimum atomic E-state index is -0.331. The average molecular weight is 461 g/mol. The molecule has 176 valence electrons. The summed E-state index contributed by atoms with van der Waals surface area (Å²) >= 11 is 0. The minimum absolute atomic E-state index is 0.147. The normalized spacial score (nSPS) is 11.6. The predicted molar refractivity (Wildman–Crippen MR) is 133 cm³/mol. The highest BCUT2D eigenvalue weighted by molar-refractivity contribution is 6.10. The van der Waals surface area contributed by atoms with Crippen LogP contribution in [0, 0.1) is 0 Å². The summed E-state index contributed by atoms with van der Waals surface area (Å²) < 4.78 is 12.4. The molecule has 0 aliphatic rings. The van der Waals surface area contributed by atoms with E-state index in [1.807, 2.05) is 62.4 Å². The Kier molecular flexibility index (Phi) is 7.03. The fraction of sp³-hybridized carbons (Fsp3) is 0.280. The molecule has 0 radical (unpaired) electrons. The monoisotopic (exact) mass is 460 g/mol. The van der Waals surface area contributed by atoms with Crippen molar-refractivity contribution in [3.8, 4) is 5.75 Å².